The Morgan fingerprint density at radius 2 is 1.84 bits per heavy atom. The second kappa shape index (κ2) is 6.36. The van der Waals surface area contributed by atoms with Gasteiger partial charge in [0.05, 0.1) is 6.04 Å². The van der Waals surface area contributed by atoms with Gasteiger partial charge in [-0.05, 0) is 37.1 Å². The topological polar surface area (TPSA) is 47.3 Å². The Balaban J connectivity index is 2.08. The van der Waals surface area contributed by atoms with E-state index in [9.17, 15) is 0 Å². The Morgan fingerprint density at radius 1 is 1.11 bits per heavy atom. The molecule has 0 saturated carbocycles. The molecule has 100 valence electrons. The Bertz CT molecular complexity index is 526. The van der Waals surface area contributed by atoms with E-state index in [0.717, 1.165) is 5.75 Å². The third-order valence-corrected chi connectivity index (χ3v) is 3.16. The number of nitrogens with two attached hydrogens (primary N) is 1. The Morgan fingerprint density at radius 3 is 2.47 bits per heavy atom. The van der Waals surface area contributed by atoms with Crippen LogP contribution in [0.3, 0.4) is 0 Å². The van der Waals surface area contributed by atoms with Crippen LogP contribution in [0.2, 0.25) is 0 Å². The lowest BCUT2D eigenvalue weighted by atomic mass is 10.00. The summed E-state index contributed by atoms with van der Waals surface area (Å²) in [4.78, 5) is 0. The van der Waals surface area contributed by atoms with Crippen molar-refractivity contribution in [2.24, 2.45) is 5.84 Å². The van der Waals surface area contributed by atoms with Crippen molar-refractivity contribution in [3.05, 3.63) is 65.2 Å². The summed E-state index contributed by atoms with van der Waals surface area (Å²) in [7, 11) is 0. The van der Waals surface area contributed by atoms with E-state index in [0.29, 0.717) is 6.61 Å². The van der Waals surface area contributed by atoms with Crippen LogP contribution in [0.1, 0.15) is 22.7 Å². The van der Waals surface area contributed by atoms with Crippen LogP contribution in [-0.4, -0.2) is 6.61 Å². The second-order valence-corrected chi connectivity index (χ2v) is 4.70. The zero-order valence-electron chi connectivity index (χ0n) is 11.4. The molecule has 3 N–H and O–H groups in total. The van der Waals surface area contributed by atoms with Crippen molar-refractivity contribution in [1.29, 1.82) is 0 Å². The number of rotatable bonds is 5. The monoisotopic (exact) mass is 256 g/mol. The molecule has 0 bridgehead atoms. The van der Waals surface area contributed by atoms with Crippen LogP contribution in [0.25, 0.3) is 0 Å². The lowest BCUT2D eigenvalue weighted by Crippen LogP contribution is -2.32. The van der Waals surface area contributed by atoms with E-state index in [2.05, 4.69) is 37.5 Å². The number of hydrogen-bond donors (Lipinski definition) is 2. The van der Waals surface area contributed by atoms with E-state index in [1.807, 2.05) is 30.3 Å². The fraction of sp³-hybridized carbons (Fsp3) is 0.250. The van der Waals surface area contributed by atoms with Gasteiger partial charge in [-0.1, -0.05) is 42.0 Å². The molecule has 0 aromatic heterocycles. The summed E-state index contributed by atoms with van der Waals surface area (Å²) in [6.45, 7) is 4.68. The number of hydrogen-bond acceptors (Lipinski definition) is 3. The van der Waals surface area contributed by atoms with Crippen molar-refractivity contribution in [3.8, 4) is 5.75 Å². The van der Waals surface area contributed by atoms with Gasteiger partial charge in [0.1, 0.15) is 12.4 Å². The third kappa shape index (κ3) is 3.56. The number of nitrogens with one attached hydrogen (secondary N) is 1. The summed E-state index contributed by atoms with van der Waals surface area (Å²) < 4.78 is 5.76. The molecule has 0 spiro atoms. The fourth-order valence-electron chi connectivity index (χ4n) is 2.14. The number of benzene rings is 2. The van der Waals surface area contributed by atoms with Crippen molar-refractivity contribution >= 4 is 0 Å². The highest BCUT2D eigenvalue weighted by atomic mass is 16.5. The van der Waals surface area contributed by atoms with Gasteiger partial charge in [-0.15, -0.1) is 0 Å². The zero-order valence-corrected chi connectivity index (χ0v) is 11.4. The predicted molar refractivity (Wildman–Crippen MR) is 77.9 cm³/mol. The average molecular weight is 256 g/mol. The van der Waals surface area contributed by atoms with Gasteiger partial charge in [-0.3, -0.25) is 5.84 Å². The van der Waals surface area contributed by atoms with E-state index >= 15 is 0 Å². The van der Waals surface area contributed by atoms with Crippen LogP contribution in [0.15, 0.2) is 48.5 Å². The highest BCUT2D eigenvalue weighted by Gasteiger charge is 2.13. The van der Waals surface area contributed by atoms with Crippen molar-refractivity contribution in [1.82, 2.24) is 5.43 Å². The van der Waals surface area contributed by atoms with Crippen LogP contribution in [0.4, 0.5) is 0 Å². The fourth-order valence-corrected chi connectivity index (χ4v) is 2.14. The van der Waals surface area contributed by atoms with Crippen molar-refractivity contribution in [3.63, 3.8) is 0 Å². The maximum absolute atomic E-state index is 5.76. The number of para-hydroxylation sites is 1. The molecular formula is C16H20N2O. The first kappa shape index (κ1) is 13.6. The smallest absolute Gasteiger partial charge is 0.119 e. The molecule has 1 unspecified atom stereocenters. The lowest BCUT2D eigenvalue weighted by molar-refractivity contribution is 0.267. The SMILES string of the molecule is Cc1ccc(C(COc2ccccc2)NN)c(C)c1. The van der Waals surface area contributed by atoms with Crippen molar-refractivity contribution in [2.45, 2.75) is 19.9 Å². The van der Waals surface area contributed by atoms with Crippen LogP contribution < -0.4 is 16.0 Å². The molecule has 3 nitrogen and oxygen atoms in total. The Labute approximate surface area is 114 Å². The minimum absolute atomic E-state index is 0.0131. The highest BCUT2D eigenvalue weighted by Crippen LogP contribution is 2.20. The van der Waals surface area contributed by atoms with Crippen molar-refractivity contribution in [2.75, 3.05) is 6.61 Å². The van der Waals surface area contributed by atoms with Crippen molar-refractivity contribution < 1.29 is 4.74 Å². The highest BCUT2D eigenvalue weighted by molar-refractivity contribution is 5.33. The van der Waals surface area contributed by atoms with Gasteiger partial charge in [0.25, 0.3) is 0 Å². The quantitative estimate of drug-likeness (QED) is 0.639. The van der Waals surface area contributed by atoms with Crippen LogP contribution in [0, 0.1) is 13.8 Å². The molecule has 1 atom stereocenters. The molecular weight excluding hydrogens is 236 g/mol. The molecule has 2 rings (SSSR count). The van der Waals surface area contributed by atoms with Crippen LogP contribution >= 0.6 is 0 Å². The molecule has 2 aromatic carbocycles. The van der Waals surface area contributed by atoms with E-state index in [4.69, 9.17) is 10.6 Å². The summed E-state index contributed by atoms with van der Waals surface area (Å²) in [5.41, 5.74) is 6.47. The average Bonchev–Trinajstić information content (AvgIpc) is 2.42. The molecule has 0 heterocycles. The number of ether oxygens (including phenoxy) is 1. The van der Waals surface area contributed by atoms with Crippen LogP contribution in [-0.2, 0) is 0 Å². The zero-order chi connectivity index (χ0) is 13.7. The second-order valence-electron chi connectivity index (χ2n) is 4.70. The van der Waals surface area contributed by atoms with E-state index in [1.165, 1.54) is 16.7 Å². The van der Waals surface area contributed by atoms with E-state index in [1.54, 1.807) is 0 Å². The molecule has 0 aliphatic carbocycles. The van der Waals surface area contributed by atoms with Gasteiger partial charge >= 0.3 is 0 Å². The van der Waals surface area contributed by atoms with Gasteiger partial charge in [0.15, 0.2) is 0 Å². The first-order valence-corrected chi connectivity index (χ1v) is 6.42. The molecule has 19 heavy (non-hydrogen) atoms. The number of aryl methyl sites for hydroxylation is 2. The van der Waals surface area contributed by atoms with Gasteiger partial charge in [0, 0.05) is 0 Å². The van der Waals surface area contributed by atoms with Gasteiger partial charge < -0.3 is 4.74 Å². The summed E-state index contributed by atoms with van der Waals surface area (Å²) in [5, 5.41) is 0. The number of hydrazine groups is 1. The van der Waals surface area contributed by atoms with Gasteiger partial charge in [-0.25, -0.2) is 5.43 Å². The molecule has 0 aliphatic rings. The maximum Gasteiger partial charge on any atom is 0.119 e. The van der Waals surface area contributed by atoms with E-state index in [-0.39, 0.29) is 6.04 Å². The molecule has 3 heteroatoms. The Hall–Kier alpha value is -1.84. The molecule has 0 radical (unpaired) electrons. The van der Waals surface area contributed by atoms with Gasteiger partial charge in [-0.2, -0.15) is 0 Å². The third-order valence-electron chi connectivity index (χ3n) is 3.16. The molecule has 0 amide bonds. The van der Waals surface area contributed by atoms with Gasteiger partial charge in [0.2, 0.25) is 0 Å². The van der Waals surface area contributed by atoms with Crippen LogP contribution in [0.5, 0.6) is 5.75 Å². The maximum atomic E-state index is 5.76. The predicted octanol–water partition coefficient (Wildman–Crippen LogP) is 2.89. The summed E-state index contributed by atoms with van der Waals surface area (Å²) in [6.07, 6.45) is 0. The summed E-state index contributed by atoms with van der Waals surface area (Å²) in [6, 6.07) is 16.1. The summed E-state index contributed by atoms with van der Waals surface area (Å²) >= 11 is 0. The van der Waals surface area contributed by atoms with E-state index < -0.39 is 0 Å². The summed E-state index contributed by atoms with van der Waals surface area (Å²) in [5.74, 6) is 6.50. The first-order valence-electron chi connectivity index (χ1n) is 6.42. The first-order chi connectivity index (χ1) is 9.20. The minimum Gasteiger partial charge on any atom is -0.492 e. The molecule has 2 aromatic rings. The molecule has 0 saturated heterocycles. The normalized spacial score (nSPS) is 12.2. The standard InChI is InChI=1S/C16H20N2O/c1-12-8-9-15(13(2)10-12)16(18-17)11-19-14-6-4-3-5-7-14/h3-10,16,18H,11,17H2,1-2H3. The lowest BCUT2D eigenvalue weighted by Gasteiger charge is -2.19. The molecule has 0 aliphatic heterocycles. The molecule has 0 fully saturated rings. The minimum atomic E-state index is -0.0131. The Kier molecular flexibility index (Phi) is 4.55. The largest absolute Gasteiger partial charge is 0.492 e.